The number of methoxy groups -OCH3 is 2. The average molecular weight is 470 g/mol. The summed E-state index contributed by atoms with van der Waals surface area (Å²) in [5.74, 6) is 1.81. The molecule has 1 aromatic heterocycles. The van der Waals surface area contributed by atoms with Crippen molar-refractivity contribution in [3.63, 3.8) is 0 Å². The van der Waals surface area contributed by atoms with Crippen molar-refractivity contribution in [2.75, 3.05) is 45.3 Å². The molecule has 1 unspecified atom stereocenters. The molecule has 1 N–H and O–H groups in total. The number of piperazine rings is 1. The van der Waals surface area contributed by atoms with Crippen LogP contribution in [0.2, 0.25) is 0 Å². The SMILES string of the molecule is COc1ccc(C(CC(=O)N2CCN(c3ccc(OC)cc3)CC2)c2c[nH]c3ccccc23)cc1. The Bertz CT molecular complexity index is 1270. The van der Waals surface area contributed by atoms with Crippen molar-refractivity contribution in [3.8, 4) is 11.5 Å². The van der Waals surface area contributed by atoms with E-state index >= 15 is 0 Å². The lowest BCUT2D eigenvalue weighted by molar-refractivity contribution is -0.131. The Labute approximate surface area is 206 Å². The molecule has 2 heterocycles. The van der Waals surface area contributed by atoms with Crippen molar-refractivity contribution in [2.45, 2.75) is 12.3 Å². The average Bonchev–Trinajstić information content (AvgIpc) is 3.36. The molecular weight excluding hydrogens is 438 g/mol. The van der Waals surface area contributed by atoms with Crippen LogP contribution >= 0.6 is 0 Å². The van der Waals surface area contributed by atoms with E-state index in [0.29, 0.717) is 19.5 Å². The highest BCUT2D eigenvalue weighted by Gasteiger charge is 2.27. The Morgan fingerprint density at radius 3 is 2.14 bits per heavy atom. The van der Waals surface area contributed by atoms with Crippen molar-refractivity contribution in [1.82, 2.24) is 9.88 Å². The number of nitrogens with zero attached hydrogens (tertiary/aromatic N) is 2. The fourth-order valence-corrected chi connectivity index (χ4v) is 4.94. The predicted molar refractivity (Wildman–Crippen MR) is 140 cm³/mol. The zero-order chi connectivity index (χ0) is 24.2. The maximum absolute atomic E-state index is 13.5. The van der Waals surface area contributed by atoms with Crippen molar-refractivity contribution in [3.05, 3.63) is 90.1 Å². The number of benzene rings is 3. The second kappa shape index (κ2) is 10.1. The van der Waals surface area contributed by atoms with Crippen LogP contribution < -0.4 is 14.4 Å². The first-order valence-corrected chi connectivity index (χ1v) is 12.0. The highest BCUT2D eigenvalue weighted by molar-refractivity contribution is 5.86. The molecule has 1 aliphatic heterocycles. The number of rotatable bonds is 7. The van der Waals surface area contributed by atoms with Gasteiger partial charge in [-0.15, -0.1) is 0 Å². The minimum absolute atomic E-state index is 0.0378. The van der Waals surface area contributed by atoms with Gasteiger partial charge in [0.15, 0.2) is 0 Å². The van der Waals surface area contributed by atoms with Crippen molar-refractivity contribution < 1.29 is 14.3 Å². The molecule has 4 aromatic rings. The number of amides is 1. The molecule has 5 rings (SSSR count). The van der Waals surface area contributed by atoms with Gasteiger partial charge in [-0.25, -0.2) is 0 Å². The summed E-state index contributed by atoms with van der Waals surface area (Å²) < 4.78 is 10.6. The Morgan fingerprint density at radius 2 is 1.49 bits per heavy atom. The molecule has 0 spiro atoms. The van der Waals surface area contributed by atoms with Gasteiger partial charge in [-0.1, -0.05) is 30.3 Å². The number of carbonyl (C=O) groups is 1. The summed E-state index contributed by atoms with van der Waals surface area (Å²) in [5, 5.41) is 1.16. The summed E-state index contributed by atoms with van der Waals surface area (Å²) in [6.45, 7) is 3.07. The van der Waals surface area contributed by atoms with Crippen LogP contribution in [0.5, 0.6) is 11.5 Å². The van der Waals surface area contributed by atoms with Crippen LogP contribution in [0.1, 0.15) is 23.5 Å². The van der Waals surface area contributed by atoms with E-state index in [9.17, 15) is 4.79 Å². The van der Waals surface area contributed by atoms with Gasteiger partial charge in [-0.3, -0.25) is 4.79 Å². The standard InChI is InChI=1S/C29H31N3O3/c1-34-23-11-7-21(8-12-23)26(27-20-30-28-6-4-3-5-25(27)28)19-29(33)32-17-15-31(16-18-32)22-9-13-24(35-2)14-10-22/h3-14,20,26,30H,15-19H2,1-2H3. The molecule has 1 atom stereocenters. The second-order valence-electron chi connectivity index (χ2n) is 8.89. The Morgan fingerprint density at radius 1 is 0.857 bits per heavy atom. The van der Waals surface area contributed by atoms with Crippen molar-refractivity contribution in [1.29, 1.82) is 0 Å². The van der Waals surface area contributed by atoms with Gasteiger partial charge in [0.05, 0.1) is 14.2 Å². The van der Waals surface area contributed by atoms with Gasteiger partial charge in [0.2, 0.25) is 5.91 Å². The molecule has 1 amide bonds. The third-order valence-electron chi connectivity index (χ3n) is 6.96. The first-order chi connectivity index (χ1) is 17.2. The van der Waals surface area contributed by atoms with Gasteiger partial charge in [0.25, 0.3) is 0 Å². The molecule has 6 heteroatoms. The highest BCUT2D eigenvalue weighted by atomic mass is 16.5. The fourth-order valence-electron chi connectivity index (χ4n) is 4.94. The normalized spacial score (nSPS) is 14.7. The second-order valence-corrected chi connectivity index (χ2v) is 8.89. The first kappa shape index (κ1) is 22.8. The molecule has 1 fully saturated rings. The van der Waals surface area contributed by atoms with Gasteiger partial charge >= 0.3 is 0 Å². The highest BCUT2D eigenvalue weighted by Crippen LogP contribution is 2.35. The van der Waals surface area contributed by atoms with Crippen LogP contribution in [-0.4, -0.2) is 56.2 Å². The molecule has 1 saturated heterocycles. The number of carbonyl (C=O) groups excluding carboxylic acids is 1. The first-order valence-electron chi connectivity index (χ1n) is 12.0. The topological polar surface area (TPSA) is 57.8 Å². The van der Waals surface area contributed by atoms with Crippen LogP contribution in [0, 0.1) is 0 Å². The predicted octanol–water partition coefficient (Wildman–Crippen LogP) is 5.06. The Hall–Kier alpha value is -3.93. The largest absolute Gasteiger partial charge is 0.497 e. The number of hydrogen-bond donors (Lipinski definition) is 1. The third-order valence-corrected chi connectivity index (χ3v) is 6.96. The lowest BCUT2D eigenvalue weighted by Gasteiger charge is -2.36. The van der Waals surface area contributed by atoms with E-state index < -0.39 is 0 Å². The zero-order valence-corrected chi connectivity index (χ0v) is 20.2. The van der Waals surface area contributed by atoms with Crippen LogP contribution in [0.4, 0.5) is 5.69 Å². The Kier molecular flexibility index (Phi) is 6.62. The summed E-state index contributed by atoms with van der Waals surface area (Å²) in [4.78, 5) is 21.2. The van der Waals surface area contributed by atoms with Crippen LogP contribution in [0.3, 0.4) is 0 Å². The van der Waals surface area contributed by atoms with E-state index in [1.54, 1.807) is 14.2 Å². The number of nitrogens with one attached hydrogen (secondary N) is 1. The lowest BCUT2D eigenvalue weighted by Crippen LogP contribution is -2.49. The molecular formula is C29H31N3O3. The number of ether oxygens (including phenoxy) is 2. The van der Waals surface area contributed by atoms with Crippen LogP contribution in [0.15, 0.2) is 79.0 Å². The molecule has 1 aliphatic rings. The minimum atomic E-state index is -0.0378. The van der Waals surface area contributed by atoms with E-state index in [-0.39, 0.29) is 11.8 Å². The summed E-state index contributed by atoms with van der Waals surface area (Å²) in [5.41, 5.74) is 4.51. The van der Waals surface area contributed by atoms with Crippen molar-refractivity contribution in [2.24, 2.45) is 0 Å². The maximum Gasteiger partial charge on any atom is 0.223 e. The number of hydrogen-bond acceptors (Lipinski definition) is 4. The summed E-state index contributed by atoms with van der Waals surface area (Å²) >= 11 is 0. The number of anilines is 1. The molecule has 35 heavy (non-hydrogen) atoms. The summed E-state index contributed by atoms with van der Waals surface area (Å²) in [6, 6.07) is 24.5. The monoisotopic (exact) mass is 469 g/mol. The quantitative estimate of drug-likeness (QED) is 0.411. The summed E-state index contributed by atoms with van der Waals surface area (Å²) in [7, 11) is 3.34. The van der Waals surface area contributed by atoms with E-state index in [1.165, 1.54) is 0 Å². The zero-order valence-electron chi connectivity index (χ0n) is 20.2. The van der Waals surface area contributed by atoms with Crippen molar-refractivity contribution >= 4 is 22.5 Å². The molecule has 3 aromatic carbocycles. The number of fused-ring (bicyclic) bond motifs is 1. The maximum atomic E-state index is 13.5. The number of aromatic nitrogens is 1. The molecule has 0 saturated carbocycles. The summed E-state index contributed by atoms with van der Waals surface area (Å²) in [6.07, 6.45) is 2.48. The minimum Gasteiger partial charge on any atom is -0.497 e. The molecule has 6 nitrogen and oxygen atoms in total. The molecule has 0 radical (unpaired) electrons. The van der Waals surface area contributed by atoms with Gasteiger partial charge in [-0.05, 0) is 53.6 Å². The third kappa shape index (κ3) is 4.83. The number of para-hydroxylation sites is 1. The fraction of sp³-hybridized carbons (Fsp3) is 0.276. The lowest BCUT2D eigenvalue weighted by atomic mass is 9.87. The molecule has 0 bridgehead atoms. The van der Waals surface area contributed by atoms with Gasteiger partial charge in [-0.2, -0.15) is 0 Å². The molecule has 180 valence electrons. The number of aromatic amines is 1. The van der Waals surface area contributed by atoms with E-state index in [4.69, 9.17) is 9.47 Å². The van der Waals surface area contributed by atoms with Crippen LogP contribution in [0.25, 0.3) is 10.9 Å². The molecule has 0 aliphatic carbocycles. The van der Waals surface area contributed by atoms with E-state index in [0.717, 1.165) is 52.3 Å². The van der Waals surface area contributed by atoms with E-state index in [1.807, 2.05) is 41.3 Å². The Balaban J connectivity index is 1.33. The van der Waals surface area contributed by atoms with Gasteiger partial charge in [0.1, 0.15) is 11.5 Å². The van der Waals surface area contributed by atoms with Crippen LogP contribution in [-0.2, 0) is 4.79 Å². The number of H-pyrrole nitrogens is 1. The van der Waals surface area contributed by atoms with E-state index in [2.05, 4.69) is 52.5 Å². The van der Waals surface area contributed by atoms with Gasteiger partial charge in [0, 0.05) is 61.3 Å². The smallest absolute Gasteiger partial charge is 0.223 e. The van der Waals surface area contributed by atoms with Gasteiger partial charge < -0.3 is 24.3 Å².